The molecule has 4 heteroatoms. The maximum absolute atomic E-state index is 3.98. The van der Waals surface area contributed by atoms with E-state index < -0.39 is 0 Å². The fourth-order valence-electron chi connectivity index (χ4n) is 0.0816. The molecule has 0 unspecified atom stereocenters. The Hall–Kier alpha value is 1.19. The molecule has 0 aromatic heterocycles. The van der Waals surface area contributed by atoms with E-state index >= 15 is 0 Å². The van der Waals surface area contributed by atoms with Gasteiger partial charge in [0.1, 0.15) is 0 Å². The van der Waals surface area contributed by atoms with E-state index in [1.54, 1.807) is 0 Å². The van der Waals surface area contributed by atoms with E-state index in [0.29, 0.717) is 0 Å². The van der Waals surface area contributed by atoms with Crippen molar-refractivity contribution in [2.24, 2.45) is 0 Å². The Kier molecular flexibility index (Phi) is 5.21. The second-order valence-electron chi connectivity index (χ2n) is 0.780. The molecule has 0 rings (SSSR count). The van der Waals surface area contributed by atoms with Crippen LogP contribution in [0.15, 0.2) is 0 Å². The first kappa shape index (κ1) is 7.19. The Balaban J connectivity index is 2.83. The molecule has 0 spiro atoms. The summed E-state index contributed by atoms with van der Waals surface area (Å²) < 4.78 is 1.85. The summed E-state index contributed by atoms with van der Waals surface area (Å²) in [6.45, 7) is 0.961. The zero-order valence-electron chi connectivity index (χ0n) is 3.13. The molecule has 0 heterocycles. The Morgan fingerprint density at radius 1 is 1.83 bits per heavy atom. The number of hydrogen-bond donors (Lipinski definition) is 1. The van der Waals surface area contributed by atoms with Crippen molar-refractivity contribution in [3.05, 3.63) is 0 Å². The van der Waals surface area contributed by atoms with Crippen molar-refractivity contribution in [1.29, 1.82) is 0 Å². The van der Waals surface area contributed by atoms with Crippen molar-refractivity contribution in [3.63, 3.8) is 0 Å². The molecular weight excluding hydrogens is 228 g/mol. The number of rotatable bonds is 2. The van der Waals surface area contributed by atoms with Crippen LogP contribution in [-0.4, -0.2) is 46.9 Å². The number of hydrogen-bond acceptors (Lipinski definition) is 1. The molecule has 0 aromatic carbocycles. The fraction of sp³-hybridized carbons (Fsp3) is 1.00. The first-order valence-corrected chi connectivity index (χ1v) is 3.66. The molecule has 0 aromatic rings. The van der Waals surface area contributed by atoms with Crippen LogP contribution >= 0.6 is 12.6 Å². The van der Waals surface area contributed by atoms with Crippen LogP contribution < -0.4 is 0 Å². The van der Waals surface area contributed by atoms with Crippen molar-refractivity contribution in [2.45, 2.75) is 0 Å². The zero-order chi connectivity index (χ0) is 4.99. The molecule has 0 saturated carbocycles. The van der Waals surface area contributed by atoms with Crippen LogP contribution in [0.25, 0.3) is 0 Å². The molecule has 6 heavy (non-hydrogen) atoms. The van der Waals surface area contributed by atoms with Gasteiger partial charge in [-0.2, -0.15) is 0 Å². The number of nitrogens with zero attached hydrogens (tertiary/aromatic N) is 1. The predicted molar refractivity (Wildman–Crippen MR) is 30.5 cm³/mol. The van der Waals surface area contributed by atoms with Crippen LogP contribution in [0.4, 0.5) is 0 Å². The van der Waals surface area contributed by atoms with Gasteiger partial charge in [0.05, 0.1) is 0 Å². The van der Waals surface area contributed by atoms with Gasteiger partial charge >= 0.3 is 59.5 Å². The molecule has 0 aliphatic carbocycles. The van der Waals surface area contributed by atoms with Crippen LogP contribution in [-0.2, 0) is 0 Å². The molecule has 0 aliphatic rings. The monoisotopic (exact) mass is 235 g/mol. The minimum atomic E-state index is 0.889. The Bertz CT molecular complexity index is 55.5. The standard InChI is InChI=1S/C2H5NSSe2/c4-2-1-3(5)6/h4H,1-2H2. The quantitative estimate of drug-likeness (QED) is 0.477. The molecule has 0 N–H and O–H groups in total. The topological polar surface area (TPSA) is 3.01 Å². The molecule has 0 saturated heterocycles. The van der Waals surface area contributed by atoms with E-state index in [1.165, 1.54) is 0 Å². The Morgan fingerprint density at radius 3 is 2.33 bits per heavy atom. The molecule has 0 fully saturated rings. The average molecular weight is 233 g/mol. The fourth-order valence-corrected chi connectivity index (χ4v) is 1.27. The van der Waals surface area contributed by atoms with Crippen LogP contribution in [0.2, 0.25) is 0 Å². The van der Waals surface area contributed by atoms with Gasteiger partial charge in [-0.15, -0.1) is 0 Å². The van der Waals surface area contributed by atoms with Gasteiger partial charge in [-0.05, 0) is 0 Å². The number of thiol groups is 1. The first-order valence-electron chi connectivity index (χ1n) is 1.50. The Labute approximate surface area is 59.5 Å². The molecule has 0 aliphatic heterocycles. The van der Waals surface area contributed by atoms with Gasteiger partial charge in [-0.3, -0.25) is 0 Å². The molecule has 0 radical (unpaired) electrons. The van der Waals surface area contributed by atoms with E-state index in [1.807, 2.05) is 2.56 Å². The van der Waals surface area contributed by atoms with E-state index in [-0.39, 0.29) is 0 Å². The van der Waals surface area contributed by atoms with Gasteiger partial charge in [0.25, 0.3) is 0 Å². The summed E-state index contributed by atoms with van der Waals surface area (Å²) in [5, 5.41) is 0. The molecule has 0 atom stereocenters. The minimum absolute atomic E-state index is 0.889. The Morgan fingerprint density at radius 2 is 2.33 bits per heavy atom. The third-order valence-electron chi connectivity index (χ3n) is 0.283. The van der Waals surface area contributed by atoms with E-state index in [9.17, 15) is 0 Å². The summed E-state index contributed by atoms with van der Waals surface area (Å²) in [5.41, 5.74) is 0. The SMILES string of the molecule is SCC[N+](=[Se])[Se-]. The van der Waals surface area contributed by atoms with Gasteiger partial charge < -0.3 is 0 Å². The van der Waals surface area contributed by atoms with Crippen LogP contribution in [0.3, 0.4) is 0 Å². The van der Waals surface area contributed by atoms with Crippen molar-refractivity contribution >= 4 is 44.7 Å². The van der Waals surface area contributed by atoms with Gasteiger partial charge in [0.15, 0.2) is 0 Å². The van der Waals surface area contributed by atoms with E-state index in [0.717, 1.165) is 12.3 Å². The summed E-state index contributed by atoms with van der Waals surface area (Å²) in [6, 6.07) is 0. The summed E-state index contributed by atoms with van der Waals surface area (Å²) >= 11 is 9.52. The van der Waals surface area contributed by atoms with Crippen LogP contribution in [0.5, 0.6) is 0 Å². The second-order valence-corrected chi connectivity index (χ2v) is 4.25. The van der Waals surface area contributed by atoms with Crippen LogP contribution in [0.1, 0.15) is 0 Å². The normalized spacial score (nSPS) is 8.17. The summed E-state index contributed by atoms with van der Waals surface area (Å²) in [6.07, 6.45) is 0. The third-order valence-corrected chi connectivity index (χ3v) is 1.25. The van der Waals surface area contributed by atoms with Crippen molar-refractivity contribution in [1.82, 2.24) is 0 Å². The molecule has 1 nitrogen and oxygen atoms in total. The second kappa shape index (κ2) is 4.35. The molecule has 36 valence electrons. The maximum atomic E-state index is 3.98. The summed E-state index contributed by atoms with van der Waals surface area (Å²) in [5.74, 6) is 0.889. The third kappa shape index (κ3) is 5.19. The van der Waals surface area contributed by atoms with E-state index in [2.05, 4.69) is 44.7 Å². The molecule has 0 amide bonds. The van der Waals surface area contributed by atoms with Gasteiger partial charge in [0, 0.05) is 0 Å². The predicted octanol–water partition coefficient (Wildman–Crippen LogP) is -0.636. The summed E-state index contributed by atoms with van der Waals surface area (Å²) in [7, 11) is 0. The van der Waals surface area contributed by atoms with Gasteiger partial charge in [-0.1, -0.05) is 0 Å². The van der Waals surface area contributed by atoms with Gasteiger partial charge in [-0.25, -0.2) is 0 Å². The zero-order valence-corrected chi connectivity index (χ0v) is 7.45. The van der Waals surface area contributed by atoms with Crippen molar-refractivity contribution < 1.29 is 2.56 Å². The molecular formula is C2H5NSSe2. The molecule has 0 bridgehead atoms. The van der Waals surface area contributed by atoms with Crippen LogP contribution in [0, 0.1) is 0 Å². The van der Waals surface area contributed by atoms with Crippen molar-refractivity contribution in [2.75, 3.05) is 12.3 Å². The van der Waals surface area contributed by atoms with Gasteiger partial charge in [0.2, 0.25) is 0 Å². The summed E-state index contributed by atoms with van der Waals surface area (Å²) in [4.78, 5) is 0. The average Bonchev–Trinajstić information content (AvgIpc) is 1.35. The van der Waals surface area contributed by atoms with E-state index in [4.69, 9.17) is 0 Å². The van der Waals surface area contributed by atoms with Crippen molar-refractivity contribution in [3.8, 4) is 0 Å². The first-order chi connectivity index (χ1) is 2.77.